The number of nitrogens with one attached hydrogen (secondary N) is 1. The molecule has 6 heteroatoms. The van der Waals surface area contributed by atoms with Crippen molar-refractivity contribution in [1.82, 2.24) is 14.9 Å². The second kappa shape index (κ2) is 6.68. The average molecular weight is 267 g/mol. The van der Waals surface area contributed by atoms with E-state index in [0.29, 0.717) is 25.7 Å². The maximum atomic E-state index is 12.1. The first kappa shape index (κ1) is 14.0. The minimum Gasteiger partial charge on any atom is -0.471 e. The van der Waals surface area contributed by atoms with Crippen LogP contribution < -0.4 is 15.6 Å². The largest absolute Gasteiger partial charge is 0.471 e. The van der Waals surface area contributed by atoms with Gasteiger partial charge in [0.05, 0.1) is 6.61 Å². The fraction of sp³-hybridized carbons (Fsp3) is 0.692. The molecule has 1 aliphatic rings. The van der Waals surface area contributed by atoms with Crippen molar-refractivity contribution in [3.63, 3.8) is 0 Å². The summed E-state index contributed by atoms with van der Waals surface area (Å²) in [5.74, 6) is 0.552. The molecule has 19 heavy (non-hydrogen) atoms. The van der Waals surface area contributed by atoms with Crippen molar-refractivity contribution < 1.29 is 9.47 Å². The van der Waals surface area contributed by atoms with Crippen LogP contribution in [0, 0.1) is 5.92 Å². The summed E-state index contributed by atoms with van der Waals surface area (Å²) in [7, 11) is 0. The number of rotatable bonds is 5. The van der Waals surface area contributed by atoms with E-state index in [1.165, 1.54) is 0 Å². The first-order valence-corrected chi connectivity index (χ1v) is 6.67. The van der Waals surface area contributed by atoms with E-state index in [1.54, 1.807) is 17.0 Å². The van der Waals surface area contributed by atoms with Gasteiger partial charge in [-0.05, 0) is 5.92 Å². The van der Waals surface area contributed by atoms with Crippen LogP contribution in [0.5, 0.6) is 5.88 Å². The molecule has 1 aliphatic heterocycles. The molecule has 2 heterocycles. The predicted molar refractivity (Wildman–Crippen MR) is 71.4 cm³/mol. The SMILES string of the molecule is CC(C)Cn1ccnc(OCC2CNCCO2)c1=O. The Kier molecular flexibility index (Phi) is 4.93. The minimum absolute atomic E-state index is 0.0197. The van der Waals surface area contributed by atoms with Gasteiger partial charge < -0.3 is 19.4 Å². The monoisotopic (exact) mass is 267 g/mol. The number of ether oxygens (including phenoxy) is 2. The summed E-state index contributed by atoms with van der Waals surface area (Å²) in [6.07, 6.45) is 3.26. The molecule has 106 valence electrons. The second-order valence-electron chi connectivity index (χ2n) is 5.09. The summed E-state index contributed by atoms with van der Waals surface area (Å²) in [5, 5.41) is 3.21. The molecule has 1 saturated heterocycles. The molecule has 0 bridgehead atoms. The molecule has 1 fully saturated rings. The quantitative estimate of drug-likeness (QED) is 0.829. The molecule has 1 aromatic heterocycles. The van der Waals surface area contributed by atoms with E-state index >= 15 is 0 Å². The Hall–Kier alpha value is -1.40. The van der Waals surface area contributed by atoms with Crippen LogP contribution in [0.3, 0.4) is 0 Å². The van der Waals surface area contributed by atoms with E-state index in [9.17, 15) is 4.79 Å². The predicted octanol–water partition coefficient (Wildman–Crippen LogP) is 0.267. The normalized spacial score (nSPS) is 19.6. The lowest BCUT2D eigenvalue weighted by Gasteiger charge is -2.23. The summed E-state index contributed by atoms with van der Waals surface area (Å²) in [6, 6.07) is 0. The molecule has 6 nitrogen and oxygen atoms in total. The van der Waals surface area contributed by atoms with Gasteiger partial charge in [-0.25, -0.2) is 4.98 Å². The van der Waals surface area contributed by atoms with Crippen molar-refractivity contribution in [3.05, 3.63) is 22.7 Å². The Morgan fingerprint density at radius 2 is 2.47 bits per heavy atom. The van der Waals surface area contributed by atoms with Gasteiger partial charge in [0.25, 0.3) is 5.88 Å². The molecule has 0 radical (unpaired) electrons. The Morgan fingerprint density at radius 3 is 3.16 bits per heavy atom. The number of hydrogen-bond donors (Lipinski definition) is 1. The van der Waals surface area contributed by atoms with Crippen molar-refractivity contribution in [2.24, 2.45) is 5.92 Å². The molecular weight excluding hydrogens is 246 g/mol. The zero-order valence-corrected chi connectivity index (χ0v) is 11.5. The lowest BCUT2D eigenvalue weighted by atomic mass is 10.2. The molecule has 0 aliphatic carbocycles. The maximum absolute atomic E-state index is 12.1. The Morgan fingerprint density at radius 1 is 1.63 bits per heavy atom. The summed E-state index contributed by atoms with van der Waals surface area (Å²) in [6.45, 7) is 7.42. The molecule has 2 rings (SSSR count). The van der Waals surface area contributed by atoms with Crippen LogP contribution in [-0.2, 0) is 11.3 Å². The molecule has 0 aromatic carbocycles. The number of nitrogens with zero attached hydrogens (tertiary/aromatic N) is 2. The van der Waals surface area contributed by atoms with Crippen LogP contribution in [0.25, 0.3) is 0 Å². The van der Waals surface area contributed by atoms with Crippen LogP contribution in [0.2, 0.25) is 0 Å². The molecule has 1 atom stereocenters. The third-order valence-corrected chi connectivity index (χ3v) is 2.85. The topological polar surface area (TPSA) is 65.4 Å². The Bertz CT molecular complexity index is 453. The van der Waals surface area contributed by atoms with Gasteiger partial charge in [0.2, 0.25) is 0 Å². The van der Waals surface area contributed by atoms with Gasteiger partial charge in [0.15, 0.2) is 0 Å². The van der Waals surface area contributed by atoms with Crippen LogP contribution in [0.1, 0.15) is 13.8 Å². The highest BCUT2D eigenvalue weighted by atomic mass is 16.5. The van der Waals surface area contributed by atoms with Crippen molar-refractivity contribution in [2.75, 3.05) is 26.3 Å². The standard InChI is InChI=1S/C13H21N3O3/c1-10(2)8-16-5-3-15-12(13(16)17)19-9-11-7-14-4-6-18-11/h3,5,10-11,14H,4,6-9H2,1-2H3. The fourth-order valence-corrected chi connectivity index (χ4v) is 1.96. The molecule has 0 amide bonds. The molecule has 1 N–H and O–H groups in total. The smallest absolute Gasteiger partial charge is 0.313 e. The van der Waals surface area contributed by atoms with E-state index in [0.717, 1.165) is 13.1 Å². The van der Waals surface area contributed by atoms with Gasteiger partial charge in [-0.2, -0.15) is 0 Å². The lowest BCUT2D eigenvalue weighted by molar-refractivity contribution is -0.00120. The molecular formula is C13H21N3O3. The Balaban J connectivity index is 1.97. The van der Waals surface area contributed by atoms with Gasteiger partial charge in [-0.15, -0.1) is 0 Å². The third-order valence-electron chi connectivity index (χ3n) is 2.85. The van der Waals surface area contributed by atoms with E-state index in [4.69, 9.17) is 9.47 Å². The zero-order chi connectivity index (χ0) is 13.7. The van der Waals surface area contributed by atoms with Crippen LogP contribution in [-0.4, -0.2) is 42.0 Å². The first-order valence-electron chi connectivity index (χ1n) is 6.67. The van der Waals surface area contributed by atoms with Gasteiger partial charge in [-0.1, -0.05) is 13.8 Å². The van der Waals surface area contributed by atoms with E-state index in [2.05, 4.69) is 24.1 Å². The van der Waals surface area contributed by atoms with Crippen molar-refractivity contribution in [2.45, 2.75) is 26.5 Å². The van der Waals surface area contributed by atoms with Gasteiger partial charge in [-0.3, -0.25) is 4.79 Å². The maximum Gasteiger partial charge on any atom is 0.313 e. The highest BCUT2D eigenvalue weighted by Gasteiger charge is 2.15. The van der Waals surface area contributed by atoms with Crippen molar-refractivity contribution >= 4 is 0 Å². The van der Waals surface area contributed by atoms with Gasteiger partial charge in [0, 0.05) is 32.0 Å². The summed E-state index contributed by atoms with van der Waals surface area (Å²) >= 11 is 0. The van der Waals surface area contributed by atoms with Crippen LogP contribution in [0.4, 0.5) is 0 Å². The number of morpholine rings is 1. The number of hydrogen-bond acceptors (Lipinski definition) is 5. The fourth-order valence-electron chi connectivity index (χ4n) is 1.96. The van der Waals surface area contributed by atoms with Gasteiger partial charge >= 0.3 is 5.56 Å². The van der Waals surface area contributed by atoms with Crippen LogP contribution >= 0.6 is 0 Å². The van der Waals surface area contributed by atoms with Crippen LogP contribution in [0.15, 0.2) is 17.2 Å². The zero-order valence-electron chi connectivity index (χ0n) is 11.5. The summed E-state index contributed by atoms with van der Waals surface area (Å²) < 4.78 is 12.6. The minimum atomic E-state index is -0.181. The number of aromatic nitrogens is 2. The molecule has 1 aromatic rings. The summed E-state index contributed by atoms with van der Waals surface area (Å²) in [5.41, 5.74) is -0.181. The first-order chi connectivity index (χ1) is 9.16. The lowest BCUT2D eigenvalue weighted by Crippen LogP contribution is -2.42. The van der Waals surface area contributed by atoms with Crippen molar-refractivity contribution in [3.8, 4) is 5.88 Å². The van der Waals surface area contributed by atoms with E-state index < -0.39 is 0 Å². The van der Waals surface area contributed by atoms with E-state index in [1.807, 2.05) is 0 Å². The van der Waals surface area contributed by atoms with Crippen molar-refractivity contribution in [1.29, 1.82) is 0 Å². The second-order valence-corrected chi connectivity index (χ2v) is 5.09. The highest BCUT2D eigenvalue weighted by Crippen LogP contribution is 2.03. The average Bonchev–Trinajstić information content (AvgIpc) is 2.40. The summed E-state index contributed by atoms with van der Waals surface area (Å²) in [4.78, 5) is 16.1. The molecule has 0 spiro atoms. The highest BCUT2D eigenvalue weighted by molar-refractivity contribution is 5.04. The van der Waals surface area contributed by atoms with Gasteiger partial charge in [0.1, 0.15) is 12.7 Å². The Labute approximate surface area is 112 Å². The van der Waals surface area contributed by atoms with E-state index in [-0.39, 0.29) is 17.5 Å². The third kappa shape index (κ3) is 4.04. The molecule has 0 saturated carbocycles. The molecule has 1 unspecified atom stereocenters.